The summed E-state index contributed by atoms with van der Waals surface area (Å²) in [5, 5.41) is 0.692. The van der Waals surface area contributed by atoms with Gasteiger partial charge < -0.3 is 4.74 Å². The molecule has 0 atom stereocenters. The molecule has 1 aromatic heterocycles. The fraction of sp³-hybridized carbons (Fsp3) is 0.143. The van der Waals surface area contributed by atoms with Crippen LogP contribution in [0.2, 0.25) is 5.02 Å². The molecule has 0 aliphatic carbocycles. The van der Waals surface area contributed by atoms with Gasteiger partial charge in [0, 0.05) is 23.2 Å². The predicted octanol–water partition coefficient (Wildman–Crippen LogP) is 2.87. The van der Waals surface area contributed by atoms with E-state index >= 15 is 0 Å². The van der Waals surface area contributed by atoms with Crippen molar-refractivity contribution in [3.63, 3.8) is 0 Å². The van der Waals surface area contributed by atoms with Crippen LogP contribution in [0.4, 0.5) is 0 Å². The van der Waals surface area contributed by atoms with Crippen molar-refractivity contribution in [1.82, 2.24) is 4.98 Å². The molecule has 0 N–H and O–H groups in total. The second kappa shape index (κ2) is 4.10. The summed E-state index contributed by atoms with van der Waals surface area (Å²) in [5.41, 5.74) is 3.89. The Morgan fingerprint density at radius 3 is 2.44 bits per heavy atom. The molecule has 0 radical (unpaired) electrons. The van der Waals surface area contributed by atoms with Gasteiger partial charge in [-0.2, -0.15) is 4.57 Å². The van der Waals surface area contributed by atoms with Gasteiger partial charge in [0.05, 0.1) is 7.11 Å². The van der Waals surface area contributed by atoms with E-state index in [9.17, 15) is 0 Å². The van der Waals surface area contributed by atoms with E-state index in [1.165, 1.54) is 0 Å². The number of benzene rings is 2. The molecular formula is C14H12ClN2O+. The number of rotatable bonds is 1. The Bertz CT molecular complexity index is 755. The molecule has 3 nitrogen and oxygen atoms in total. The highest BCUT2D eigenvalue weighted by Gasteiger charge is 2.13. The van der Waals surface area contributed by atoms with Crippen LogP contribution in [0, 0.1) is 0 Å². The highest BCUT2D eigenvalue weighted by molar-refractivity contribution is 6.31. The molecule has 0 spiro atoms. The van der Waals surface area contributed by atoms with Crippen molar-refractivity contribution in [3.8, 4) is 5.75 Å². The lowest BCUT2D eigenvalue weighted by Gasteiger charge is -2.03. The first kappa shape index (κ1) is 11.2. The molecule has 4 heteroatoms. The zero-order valence-corrected chi connectivity index (χ0v) is 10.9. The van der Waals surface area contributed by atoms with E-state index < -0.39 is 0 Å². The van der Waals surface area contributed by atoms with Crippen molar-refractivity contribution in [2.24, 2.45) is 7.05 Å². The van der Waals surface area contributed by atoms with Gasteiger partial charge in [-0.15, -0.1) is 0 Å². The zero-order valence-electron chi connectivity index (χ0n) is 10.1. The van der Waals surface area contributed by atoms with Gasteiger partial charge in [-0.25, -0.2) is 4.98 Å². The Balaban J connectivity index is 2.44. The molecule has 90 valence electrons. The molecule has 3 aromatic rings. The lowest BCUT2D eigenvalue weighted by Crippen LogP contribution is -2.30. The second-order valence-electron chi connectivity index (χ2n) is 4.16. The molecule has 1 heterocycles. The zero-order chi connectivity index (χ0) is 12.7. The van der Waals surface area contributed by atoms with Crippen LogP contribution in [0.1, 0.15) is 0 Å². The predicted molar refractivity (Wildman–Crippen MR) is 72.0 cm³/mol. The van der Waals surface area contributed by atoms with Crippen LogP contribution in [0.3, 0.4) is 0 Å². The molecule has 0 aliphatic rings. The first-order chi connectivity index (χ1) is 8.69. The molecule has 0 aliphatic heterocycles. The third-order valence-corrected chi connectivity index (χ3v) is 3.32. The minimum absolute atomic E-state index is 0.692. The Hall–Kier alpha value is -1.87. The number of hydrogen-bond donors (Lipinski definition) is 0. The topological polar surface area (TPSA) is 26.0 Å². The Labute approximate surface area is 110 Å². The molecular weight excluding hydrogens is 248 g/mol. The minimum atomic E-state index is 0.692. The van der Waals surface area contributed by atoms with E-state index in [0.29, 0.717) is 5.02 Å². The molecule has 3 rings (SSSR count). The summed E-state index contributed by atoms with van der Waals surface area (Å²) in [6.07, 6.45) is 0. The van der Waals surface area contributed by atoms with Crippen molar-refractivity contribution in [2.45, 2.75) is 0 Å². The van der Waals surface area contributed by atoms with E-state index in [0.717, 1.165) is 27.8 Å². The number of fused-ring (bicyclic) bond motifs is 2. The van der Waals surface area contributed by atoms with Gasteiger partial charge in [0.25, 0.3) is 0 Å². The van der Waals surface area contributed by atoms with Gasteiger partial charge >= 0.3 is 0 Å². The summed E-state index contributed by atoms with van der Waals surface area (Å²) in [4.78, 5) is 4.62. The van der Waals surface area contributed by atoms with Crippen molar-refractivity contribution in [1.29, 1.82) is 0 Å². The number of hydrogen-bond acceptors (Lipinski definition) is 2. The van der Waals surface area contributed by atoms with Gasteiger partial charge in [0.2, 0.25) is 11.0 Å². The van der Waals surface area contributed by atoms with Gasteiger partial charge in [0.1, 0.15) is 23.8 Å². The molecule has 0 amide bonds. The average Bonchev–Trinajstić information content (AvgIpc) is 2.38. The summed E-state index contributed by atoms with van der Waals surface area (Å²) in [6.45, 7) is 0. The Morgan fingerprint density at radius 1 is 1.06 bits per heavy atom. The summed E-state index contributed by atoms with van der Waals surface area (Å²) in [5.74, 6) is 0.802. The number of ether oxygens (including phenoxy) is 1. The largest absolute Gasteiger partial charge is 0.497 e. The molecule has 0 saturated carbocycles. The second-order valence-corrected chi connectivity index (χ2v) is 4.59. The maximum atomic E-state index is 6.01. The first-order valence-electron chi connectivity index (χ1n) is 5.62. The first-order valence-corrected chi connectivity index (χ1v) is 6.00. The monoisotopic (exact) mass is 259 g/mol. The van der Waals surface area contributed by atoms with E-state index in [1.54, 1.807) is 7.11 Å². The van der Waals surface area contributed by atoms with Crippen molar-refractivity contribution >= 4 is 33.7 Å². The fourth-order valence-electron chi connectivity index (χ4n) is 2.13. The molecule has 0 saturated heterocycles. The third-order valence-electron chi connectivity index (χ3n) is 3.08. The van der Waals surface area contributed by atoms with Gasteiger partial charge in [-0.1, -0.05) is 11.6 Å². The number of methoxy groups -OCH3 is 1. The maximum absolute atomic E-state index is 6.01. The van der Waals surface area contributed by atoms with Crippen molar-refractivity contribution in [2.75, 3.05) is 7.11 Å². The van der Waals surface area contributed by atoms with Crippen LogP contribution in [-0.4, -0.2) is 12.1 Å². The average molecular weight is 260 g/mol. The standard InChI is InChI=1S/C14H12ClN2O/c1-17-13-5-3-9(15)7-11(13)16-12-8-10(18-2)4-6-14(12)17/h3-8H,1-2H3/q+1. The number of aryl methyl sites for hydroxylation is 1. The van der Waals surface area contributed by atoms with Crippen LogP contribution < -0.4 is 9.30 Å². The van der Waals surface area contributed by atoms with Crippen LogP contribution >= 0.6 is 11.6 Å². The van der Waals surface area contributed by atoms with Crippen LogP contribution in [0.15, 0.2) is 36.4 Å². The van der Waals surface area contributed by atoms with Gasteiger partial charge in [-0.3, -0.25) is 0 Å². The lowest BCUT2D eigenvalue weighted by atomic mass is 10.2. The van der Waals surface area contributed by atoms with E-state index in [1.807, 2.05) is 43.4 Å². The van der Waals surface area contributed by atoms with Crippen molar-refractivity contribution in [3.05, 3.63) is 41.4 Å². The Morgan fingerprint density at radius 2 is 1.72 bits per heavy atom. The Kier molecular flexibility index (Phi) is 2.56. The number of aromatic nitrogens is 2. The highest BCUT2D eigenvalue weighted by atomic mass is 35.5. The summed E-state index contributed by atoms with van der Waals surface area (Å²) in [6, 6.07) is 11.6. The normalized spacial score (nSPS) is 11.1. The molecule has 18 heavy (non-hydrogen) atoms. The van der Waals surface area contributed by atoms with E-state index in [4.69, 9.17) is 16.3 Å². The number of nitrogens with zero attached hydrogens (tertiary/aromatic N) is 2. The van der Waals surface area contributed by atoms with Crippen LogP contribution in [0.25, 0.3) is 22.1 Å². The highest BCUT2D eigenvalue weighted by Crippen LogP contribution is 2.21. The third kappa shape index (κ3) is 1.68. The minimum Gasteiger partial charge on any atom is -0.497 e. The fourth-order valence-corrected chi connectivity index (χ4v) is 2.30. The molecule has 0 fully saturated rings. The number of halogens is 1. The lowest BCUT2D eigenvalue weighted by molar-refractivity contribution is -0.617. The van der Waals surface area contributed by atoms with Crippen molar-refractivity contribution < 1.29 is 9.30 Å². The van der Waals surface area contributed by atoms with Crippen LogP contribution in [-0.2, 0) is 7.05 Å². The maximum Gasteiger partial charge on any atom is 0.231 e. The molecule has 0 unspecified atom stereocenters. The van der Waals surface area contributed by atoms with E-state index in [-0.39, 0.29) is 0 Å². The quantitative estimate of drug-likeness (QED) is 0.496. The van der Waals surface area contributed by atoms with Gasteiger partial charge in [-0.05, 0) is 18.2 Å². The summed E-state index contributed by atoms with van der Waals surface area (Å²) < 4.78 is 7.33. The summed E-state index contributed by atoms with van der Waals surface area (Å²) in [7, 11) is 3.67. The summed E-state index contributed by atoms with van der Waals surface area (Å²) >= 11 is 6.01. The smallest absolute Gasteiger partial charge is 0.231 e. The SMILES string of the molecule is COc1ccc2c(c1)nc1cc(Cl)ccc1[n+]2C. The van der Waals surface area contributed by atoms with Gasteiger partial charge in [0.15, 0.2) is 0 Å². The van der Waals surface area contributed by atoms with E-state index in [2.05, 4.69) is 9.55 Å². The molecule has 2 aromatic carbocycles. The molecule has 0 bridgehead atoms. The van der Waals surface area contributed by atoms with Crippen LogP contribution in [0.5, 0.6) is 5.75 Å².